The van der Waals surface area contributed by atoms with E-state index in [1.807, 2.05) is 60.8 Å². The second-order valence-corrected chi connectivity index (χ2v) is 6.87. The fraction of sp³-hybridized carbons (Fsp3) is 0.0909. The number of aromatic amines is 1. The van der Waals surface area contributed by atoms with Crippen LogP contribution in [0.3, 0.4) is 0 Å². The maximum absolute atomic E-state index is 12.9. The lowest BCUT2D eigenvalue weighted by atomic mass is 9.98. The summed E-state index contributed by atoms with van der Waals surface area (Å²) in [5.41, 5.74) is 10.9. The van der Waals surface area contributed by atoms with Crippen LogP contribution >= 0.6 is 11.6 Å². The fourth-order valence-electron chi connectivity index (χ4n) is 3.24. The maximum atomic E-state index is 12.9. The molecule has 0 unspecified atom stereocenters. The molecule has 0 atom stereocenters. The lowest BCUT2D eigenvalue weighted by Gasteiger charge is -2.07. The van der Waals surface area contributed by atoms with E-state index >= 15 is 0 Å². The third-order valence-corrected chi connectivity index (χ3v) is 4.83. The lowest BCUT2D eigenvalue weighted by molar-refractivity contribution is 0.0993. The van der Waals surface area contributed by atoms with Crippen LogP contribution in [0.1, 0.15) is 21.5 Å². The summed E-state index contributed by atoms with van der Waals surface area (Å²) in [5.74, 6) is 0.0385. The van der Waals surface area contributed by atoms with Crippen LogP contribution in [0.25, 0.3) is 22.2 Å². The molecule has 5 heteroatoms. The van der Waals surface area contributed by atoms with Gasteiger partial charge in [-0.3, -0.25) is 9.78 Å². The molecule has 0 aliphatic rings. The number of Topliss-reactive ketones (excluding diaryl/α,β-unsaturated/α-hetero) is 1. The van der Waals surface area contributed by atoms with E-state index in [2.05, 4.69) is 9.97 Å². The molecule has 4 nitrogen and oxygen atoms in total. The molecule has 0 fully saturated rings. The smallest absolute Gasteiger partial charge is 0.167 e. The quantitative estimate of drug-likeness (QED) is 0.493. The monoisotopic (exact) mass is 375 g/mol. The number of fused-ring (bicyclic) bond motifs is 1. The Hall–Kier alpha value is -2.95. The van der Waals surface area contributed by atoms with Gasteiger partial charge in [0.2, 0.25) is 0 Å². The lowest BCUT2D eigenvalue weighted by Crippen LogP contribution is -2.04. The first-order valence-electron chi connectivity index (χ1n) is 8.68. The van der Waals surface area contributed by atoms with Crippen LogP contribution in [0.5, 0.6) is 0 Å². The summed E-state index contributed by atoms with van der Waals surface area (Å²) in [4.78, 5) is 20.4. The number of benzene rings is 2. The normalized spacial score (nSPS) is 11.0. The van der Waals surface area contributed by atoms with Crippen LogP contribution in [-0.2, 0) is 13.0 Å². The zero-order valence-corrected chi connectivity index (χ0v) is 15.3. The molecule has 2 aromatic carbocycles. The molecule has 0 bridgehead atoms. The van der Waals surface area contributed by atoms with Gasteiger partial charge in [-0.25, -0.2) is 0 Å². The standard InChI is InChI=1S/C22H18ClN3O/c23-18-10-17(19-5-7-26-21(19)12-18)11-22(27)16-3-1-2-15(9-16)20-8-14(13-24)4-6-25-20/h1-10,12,26H,11,13,24H2. The Morgan fingerprint density at radius 1 is 1.11 bits per heavy atom. The van der Waals surface area contributed by atoms with Crippen LogP contribution in [0.2, 0.25) is 5.02 Å². The molecule has 0 saturated carbocycles. The summed E-state index contributed by atoms with van der Waals surface area (Å²) in [6, 6.07) is 17.1. The first kappa shape index (κ1) is 17.5. The van der Waals surface area contributed by atoms with Gasteiger partial charge < -0.3 is 10.7 Å². The van der Waals surface area contributed by atoms with Gasteiger partial charge in [0.25, 0.3) is 0 Å². The van der Waals surface area contributed by atoms with Gasteiger partial charge in [0.05, 0.1) is 5.69 Å². The molecule has 2 heterocycles. The zero-order chi connectivity index (χ0) is 18.8. The van der Waals surface area contributed by atoms with Crippen molar-refractivity contribution in [2.45, 2.75) is 13.0 Å². The Balaban J connectivity index is 1.65. The van der Waals surface area contributed by atoms with E-state index in [0.717, 1.165) is 33.3 Å². The molecule has 4 rings (SSSR count). The van der Waals surface area contributed by atoms with Crippen molar-refractivity contribution < 1.29 is 4.79 Å². The summed E-state index contributed by atoms with van der Waals surface area (Å²) in [6.45, 7) is 0.454. The molecule has 0 aliphatic carbocycles. The highest BCUT2D eigenvalue weighted by atomic mass is 35.5. The van der Waals surface area contributed by atoms with Gasteiger partial charge in [-0.2, -0.15) is 0 Å². The van der Waals surface area contributed by atoms with Crippen LogP contribution in [0, 0.1) is 0 Å². The number of pyridine rings is 1. The molecule has 0 saturated heterocycles. The summed E-state index contributed by atoms with van der Waals surface area (Å²) in [6.07, 6.45) is 3.88. The third-order valence-electron chi connectivity index (χ3n) is 4.61. The number of nitrogens with zero attached hydrogens (tertiary/aromatic N) is 1. The highest BCUT2D eigenvalue weighted by Gasteiger charge is 2.12. The molecule has 27 heavy (non-hydrogen) atoms. The van der Waals surface area contributed by atoms with Crippen molar-refractivity contribution >= 4 is 28.3 Å². The average Bonchev–Trinajstić information content (AvgIpc) is 3.16. The molecular weight excluding hydrogens is 358 g/mol. The first-order chi connectivity index (χ1) is 13.1. The van der Waals surface area contributed by atoms with Crippen LogP contribution in [0.15, 0.2) is 67.0 Å². The Labute approximate surface area is 162 Å². The van der Waals surface area contributed by atoms with Crippen molar-refractivity contribution in [2.24, 2.45) is 5.73 Å². The number of hydrogen-bond acceptors (Lipinski definition) is 3. The van der Waals surface area contributed by atoms with Gasteiger partial charge >= 0.3 is 0 Å². The van der Waals surface area contributed by atoms with E-state index < -0.39 is 0 Å². The predicted octanol–water partition coefficient (Wildman–Crippen LogP) is 4.77. The minimum atomic E-state index is 0.0385. The number of aromatic nitrogens is 2. The van der Waals surface area contributed by atoms with Gasteiger partial charge in [-0.15, -0.1) is 0 Å². The predicted molar refractivity (Wildman–Crippen MR) is 109 cm³/mol. The van der Waals surface area contributed by atoms with Crippen molar-refractivity contribution in [3.05, 3.63) is 88.7 Å². The molecule has 0 amide bonds. The molecule has 0 spiro atoms. The molecule has 3 N–H and O–H groups in total. The summed E-state index contributed by atoms with van der Waals surface area (Å²) >= 11 is 6.19. The number of rotatable bonds is 5. The van der Waals surface area contributed by atoms with E-state index in [9.17, 15) is 4.79 Å². The van der Waals surface area contributed by atoms with E-state index in [-0.39, 0.29) is 12.2 Å². The maximum Gasteiger partial charge on any atom is 0.167 e. The van der Waals surface area contributed by atoms with Crippen LogP contribution in [-0.4, -0.2) is 15.8 Å². The number of nitrogens with one attached hydrogen (secondary N) is 1. The van der Waals surface area contributed by atoms with Crippen molar-refractivity contribution in [1.82, 2.24) is 9.97 Å². The van der Waals surface area contributed by atoms with E-state index in [1.54, 1.807) is 6.20 Å². The minimum absolute atomic E-state index is 0.0385. The highest BCUT2D eigenvalue weighted by Crippen LogP contribution is 2.25. The van der Waals surface area contributed by atoms with Gasteiger partial charge in [-0.1, -0.05) is 29.8 Å². The third kappa shape index (κ3) is 3.63. The zero-order valence-electron chi connectivity index (χ0n) is 14.6. The number of hydrogen-bond donors (Lipinski definition) is 2. The van der Waals surface area contributed by atoms with E-state index in [1.165, 1.54) is 0 Å². The van der Waals surface area contributed by atoms with Crippen molar-refractivity contribution in [1.29, 1.82) is 0 Å². The van der Waals surface area contributed by atoms with Crippen molar-refractivity contribution in [3.63, 3.8) is 0 Å². The van der Waals surface area contributed by atoms with E-state index in [0.29, 0.717) is 17.1 Å². The number of carbonyl (C=O) groups is 1. The van der Waals surface area contributed by atoms with Crippen LogP contribution in [0.4, 0.5) is 0 Å². The molecule has 0 aliphatic heterocycles. The topological polar surface area (TPSA) is 71.8 Å². The summed E-state index contributed by atoms with van der Waals surface area (Å²) in [7, 11) is 0. The second kappa shape index (κ2) is 7.35. The van der Waals surface area contributed by atoms with Gasteiger partial charge in [0, 0.05) is 52.4 Å². The van der Waals surface area contributed by atoms with Gasteiger partial charge in [0.1, 0.15) is 0 Å². The van der Waals surface area contributed by atoms with Crippen molar-refractivity contribution in [3.8, 4) is 11.3 Å². The Morgan fingerprint density at radius 2 is 2.00 bits per heavy atom. The molecule has 0 radical (unpaired) electrons. The summed E-state index contributed by atoms with van der Waals surface area (Å²) < 4.78 is 0. The summed E-state index contributed by atoms with van der Waals surface area (Å²) in [5, 5.41) is 1.63. The molecule has 2 aromatic heterocycles. The minimum Gasteiger partial charge on any atom is -0.361 e. The Morgan fingerprint density at radius 3 is 2.85 bits per heavy atom. The number of H-pyrrole nitrogens is 1. The van der Waals surface area contributed by atoms with Gasteiger partial charge in [-0.05, 0) is 47.5 Å². The molecule has 4 aromatic rings. The number of carbonyl (C=O) groups excluding carboxylic acids is 1. The number of ketones is 1. The van der Waals surface area contributed by atoms with Crippen LogP contribution < -0.4 is 5.73 Å². The molecule has 134 valence electrons. The Kier molecular flexibility index (Phi) is 4.75. The number of halogens is 1. The number of nitrogens with two attached hydrogens (primary N) is 1. The largest absolute Gasteiger partial charge is 0.361 e. The first-order valence-corrected chi connectivity index (χ1v) is 9.06. The molecular formula is C22H18ClN3O. The van der Waals surface area contributed by atoms with E-state index in [4.69, 9.17) is 17.3 Å². The SMILES string of the molecule is NCc1ccnc(-c2cccc(C(=O)Cc3cc(Cl)cc4[nH]ccc34)c2)c1. The van der Waals surface area contributed by atoms with Gasteiger partial charge in [0.15, 0.2) is 5.78 Å². The van der Waals surface area contributed by atoms with Crippen molar-refractivity contribution in [2.75, 3.05) is 0 Å². The second-order valence-electron chi connectivity index (χ2n) is 6.44. The fourth-order valence-corrected chi connectivity index (χ4v) is 3.48. The Bertz CT molecular complexity index is 1130. The highest BCUT2D eigenvalue weighted by molar-refractivity contribution is 6.31. The average molecular weight is 376 g/mol.